The maximum Gasteiger partial charge on any atom is 0.407 e. The number of thiazole rings is 1. The van der Waals surface area contributed by atoms with Crippen molar-refractivity contribution in [1.29, 1.82) is 0 Å². The number of carbonyl (C=O) groups excluding carboxylic acids is 1. The molecular weight excluding hydrogens is 322 g/mol. The van der Waals surface area contributed by atoms with Crippen LogP contribution in [0.2, 0.25) is 0 Å². The molecule has 0 saturated carbocycles. The molecule has 0 saturated heterocycles. The zero-order chi connectivity index (χ0) is 15.9. The van der Waals surface area contributed by atoms with Crippen molar-refractivity contribution in [3.63, 3.8) is 0 Å². The van der Waals surface area contributed by atoms with E-state index in [0.29, 0.717) is 28.8 Å². The number of rotatable bonds is 5. The SMILES string of the molecule is CCOC(=O)NCc1cccc(-c2csc(NC(N)=S)n2)n1. The number of amides is 1. The molecule has 0 aliphatic rings. The summed E-state index contributed by atoms with van der Waals surface area (Å²) in [5, 5.41) is 8.03. The summed E-state index contributed by atoms with van der Waals surface area (Å²) >= 11 is 6.15. The largest absolute Gasteiger partial charge is 0.450 e. The topological polar surface area (TPSA) is 102 Å². The number of carbonyl (C=O) groups is 1. The molecule has 0 atom stereocenters. The highest BCUT2D eigenvalue weighted by molar-refractivity contribution is 7.80. The summed E-state index contributed by atoms with van der Waals surface area (Å²) in [4.78, 5) is 20.1. The normalized spacial score (nSPS) is 10.0. The van der Waals surface area contributed by atoms with E-state index in [1.54, 1.807) is 6.92 Å². The minimum atomic E-state index is -0.466. The maximum atomic E-state index is 11.3. The van der Waals surface area contributed by atoms with E-state index in [-0.39, 0.29) is 11.7 Å². The van der Waals surface area contributed by atoms with E-state index < -0.39 is 6.09 Å². The van der Waals surface area contributed by atoms with Crippen molar-refractivity contribution in [2.75, 3.05) is 11.9 Å². The Balaban J connectivity index is 2.06. The standard InChI is InChI=1S/C13H15N5O2S2/c1-2-20-13(19)15-6-8-4-3-5-9(16-8)10-7-22-12(17-10)18-11(14)21/h3-5,7H,2,6H2,1H3,(H,15,19)(H3,14,17,18,21). The predicted molar refractivity (Wildman–Crippen MR) is 89.6 cm³/mol. The summed E-state index contributed by atoms with van der Waals surface area (Å²) in [7, 11) is 0. The number of aromatic nitrogens is 2. The number of nitrogens with zero attached hydrogens (tertiary/aromatic N) is 2. The minimum absolute atomic E-state index is 0.168. The highest BCUT2D eigenvalue weighted by Crippen LogP contribution is 2.23. The van der Waals surface area contributed by atoms with Gasteiger partial charge in [0, 0.05) is 5.38 Å². The molecule has 0 fully saturated rings. The van der Waals surface area contributed by atoms with Gasteiger partial charge in [0.1, 0.15) is 5.69 Å². The molecule has 1 amide bonds. The van der Waals surface area contributed by atoms with Crippen LogP contribution in [0.3, 0.4) is 0 Å². The van der Waals surface area contributed by atoms with Crippen LogP contribution in [0.15, 0.2) is 23.6 Å². The molecule has 0 aliphatic carbocycles. The quantitative estimate of drug-likeness (QED) is 0.718. The lowest BCUT2D eigenvalue weighted by Crippen LogP contribution is -2.24. The van der Waals surface area contributed by atoms with Crippen LogP contribution in [-0.2, 0) is 11.3 Å². The van der Waals surface area contributed by atoms with Gasteiger partial charge in [-0.15, -0.1) is 11.3 Å². The van der Waals surface area contributed by atoms with E-state index in [1.165, 1.54) is 11.3 Å². The minimum Gasteiger partial charge on any atom is -0.450 e. The number of anilines is 1. The zero-order valence-corrected chi connectivity index (χ0v) is 13.5. The van der Waals surface area contributed by atoms with Crippen LogP contribution in [0.1, 0.15) is 12.6 Å². The van der Waals surface area contributed by atoms with Crippen LogP contribution in [-0.4, -0.2) is 27.8 Å². The van der Waals surface area contributed by atoms with Gasteiger partial charge in [-0.05, 0) is 31.3 Å². The van der Waals surface area contributed by atoms with Gasteiger partial charge in [-0.2, -0.15) is 0 Å². The third kappa shape index (κ3) is 4.64. The van der Waals surface area contributed by atoms with Gasteiger partial charge in [0.25, 0.3) is 0 Å². The molecule has 116 valence electrons. The first-order valence-corrected chi connectivity index (χ1v) is 7.76. The third-order valence-corrected chi connectivity index (χ3v) is 3.35. The number of pyridine rings is 1. The van der Waals surface area contributed by atoms with Crippen molar-refractivity contribution in [3.8, 4) is 11.4 Å². The third-order valence-electron chi connectivity index (χ3n) is 2.49. The number of nitrogens with two attached hydrogens (primary N) is 1. The summed E-state index contributed by atoms with van der Waals surface area (Å²) in [6.07, 6.45) is -0.466. The number of alkyl carbamates (subject to hydrolysis) is 1. The number of thiocarbonyl (C=S) groups is 1. The van der Waals surface area contributed by atoms with Crippen molar-refractivity contribution in [3.05, 3.63) is 29.3 Å². The molecule has 2 heterocycles. The van der Waals surface area contributed by atoms with Gasteiger partial charge in [0.05, 0.1) is 24.5 Å². The smallest absolute Gasteiger partial charge is 0.407 e. The number of nitrogens with one attached hydrogen (secondary N) is 2. The highest BCUT2D eigenvalue weighted by atomic mass is 32.1. The summed E-state index contributed by atoms with van der Waals surface area (Å²) in [6.45, 7) is 2.37. The molecule has 2 aromatic heterocycles. The zero-order valence-electron chi connectivity index (χ0n) is 11.8. The van der Waals surface area contributed by atoms with Crippen molar-refractivity contribution < 1.29 is 9.53 Å². The second-order valence-electron chi connectivity index (χ2n) is 4.12. The van der Waals surface area contributed by atoms with Crippen molar-refractivity contribution in [2.45, 2.75) is 13.5 Å². The van der Waals surface area contributed by atoms with Crippen LogP contribution < -0.4 is 16.4 Å². The Morgan fingerprint density at radius 2 is 2.23 bits per heavy atom. The molecule has 0 spiro atoms. The molecule has 7 nitrogen and oxygen atoms in total. The molecule has 2 rings (SSSR count). The second kappa shape index (κ2) is 7.66. The Hall–Kier alpha value is -2.26. The average molecular weight is 337 g/mol. The Morgan fingerprint density at radius 3 is 2.95 bits per heavy atom. The molecule has 2 aromatic rings. The molecule has 0 bridgehead atoms. The molecule has 0 aromatic carbocycles. The lowest BCUT2D eigenvalue weighted by molar-refractivity contribution is 0.151. The molecule has 4 N–H and O–H groups in total. The molecule has 9 heteroatoms. The molecule has 0 aliphatic heterocycles. The molecule has 22 heavy (non-hydrogen) atoms. The predicted octanol–water partition coefficient (Wildman–Crippen LogP) is 2.11. The first-order valence-electron chi connectivity index (χ1n) is 6.47. The van der Waals surface area contributed by atoms with Gasteiger partial charge in [-0.1, -0.05) is 6.07 Å². The maximum absolute atomic E-state index is 11.3. The van der Waals surface area contributed by atoms with Crippen LogP contribution >= 0.6 is 23.6 Å². The van der Waals surface area contributed by atoms with Gasteiger partial charge in [0.2, 0.25) is 0 Å². The highest BCUT2D eigenvalue weighted by Gasteiger charge is 2.08. The monoisotopic (exact) mass is 337 g/mol. The van der Waals surface area contributed by atoms with E-state index >= 15 is 0 Å². The fraction of sp³-hybridized carbons (Fsp3) is 0.231. The lowest BCUT2D eigenvalue weighted by atomic mass is 10.2. The van der Waals surface area contributed by atoms with Crippen molar-refractivity contribution in [2.24, 2.45) is 5.73 Å². The van der Waals surface area contributed by atoms with E-state index in [9.17, 15) is 4.79 Å². The van der Waals surface area contributed by atoms with Gasteiger partial charge in [-0.25, -0.2) is 14.8 Å². The van der Waals surface area contributed by atoms with Gasteiger partial charge in [0.15, 0.2) is 10.2 Å². The molecular formula is C13H15N5O2S2. The van der Waals surface area contributed by atoms with E-state index in [2.05, 4.69) is 20.6 Å². The van der Waals surface area contributed by atoms with Gasteiger partial charge in [-0.3, -0.25) is 0 Å². The van der Waals surface area contributed by atoms with E-state index in [4.69, 9.17) is 22.7 Å². The summed E-state index contributed by atoms with van der Waals surface area (Å²) in [5.41, 5.74) is 7.53. The van der Waals surface area contributed by atoms with Crippen LogP contribution in [0.25, 0.3) is 11.4 Å². The second-order valence-corrected chi connectivity index (χ2v) is 5.41. The van der Waals surface area contributed by atoms with Crippen LogP contribution in [0.5, 0.6) is 0 Å². The number of ether oxygens (including phenoxy) is 1. The fourth-order valence-corrected chi connectivity index (χ4v) is 2.50. The van der Waals surface area contributed by atoms with E-state index in [1.807, 2.05) is 23.6 Å². The lowest BCUT2D eigenvalue weighted by Gasteiger charge is -2.05. The summed E-state index contributed by atoms with van der Waals surface area (Å²) < 4.78 is 4.80. The first kappa shape index (κ1) is 16.1. The van der Waals surface area contributed by atoms with Crippen molar-refractivity contribution in [1.82, 2.24) is 15.3 Å². The van der Waals surface area contributed by atoms with Gasteiger partial charge < -0.3 is 21.1 Å². The van der Waals surface area contributed by atoms with Crippen LogP contribution in [0.4, 0.5) is 9.93 Å². The Labute approximate surface area is 136 Å². The fourth-order valence-electron chi connectivity index (χ4n) is 1.62. The van der Waals surface area contributed by atoms with Gasteiger partial charge >= 0.3 is 6.09 Å². The first-order chi connectivity index (χ1) is 10.6. The number of hydrogen-bond acceptors (Lipinski definition) is 6. The Morgan fingerprint density at radius 1 is 1.41 bits per heavy atom. The van der Waals surface area contributed by atoms with Crippen molar-refractivity contribution >= 4 is 39.9 Å². The van der Waals surface area contributed by atoms with Crippen LogP contribution in [0, 0.1) is 0 Å². The summed E-state index contributed by atoms with van der Waals surface area (Å²) in [5.74, 6) is 0. The summed E-state index contributed by atoms with van der Waals surface area (Å²) in [6, 6.07) is 5.51. The van der Waals surface area contributed by atoms with E-state index in [0.717, 1.165) is 0 Å². The average Bonchev–Trinajstić information content (AvgIpc) is 2.93. The Bertz CT molecular complexity index is 674. The number of hydrogen-bond donors (Lipinski definition) is 3. The Kier molecular flexibility index (Phi) is 5.61. The molecule has 0 radical (unpaired) electrons. The molecule has 0 unspecified atom stereocenters.